The highest BCUT2D eigenvalue weighted by Gasteiger charge is 2.21. The number of aliphatic imine (C=N–C) groups is 2. The molecule has 1 amide bonds. The lowest BCUT2D eigenvalue weighted by Crippen LogP contribution is -2.25. The van der Waals surface area contributed by atoms with E-state index >= 15 is 0 Å². The third-order valence-corrected chi connectivity index (χ3v) is 4.13. The average molecular weight is 309 g/mol. The van der Waals surface area contributed by atoms with Gasteiger partial charge in [0, 0.05) is 23.2 Å². The summed E-state index contributed by atoms with van der Waals surface area (Å²) in [5.74, 6) is 0.830. The first-order valence-corrected chi connectivity index (χ1v) is 8.06. The molecule has 5 heteroatoms. The van der Waals surface area contributed by atoms with E-state index in [9.17, 15) is 4.79 Å². The molecule has 0 N–H and O–H groups in total. The van der Waals surface area contributed by atoms with Gasteiger partial charge in [-0.2, -0.15) is 4.99 Å². The average Bonchev–Trinajstić information content (AvgIpc) is 2.70. The smallest absolute Gasteiger partial charge is 0.271 e. The molecule has 0 saturated heterocycles. The van der Waals surface area contributed by atoms with E-state index in [0.29, 0.717) is 12.4 Å². The van der Waals surface area contributed by atoms with E-state index in [1.165, 1.54) is 11.0 Å². The molecule has 3 rings (SSSR count). The predicted molar refractivity (Wildman–Crippen MR) is 91.9 cm³/mol. The van der Waals surface area contributed by atoms with Gasteiger partial charge in [0.05, 0.1) is 0 Å². The number of benzene rings is 1. The second-order valence-electron chi connectivity index (χ2n) is 4.80. The lowest BCUT2D eigenvalue weighted by molar-refractivity contribution is -0.113. The number of amides is 1. The molecule has 0 bridgehead atoms. The molecule has 22 heavy (non-hydrogen) atoms. The van der Waals surface area contributed by atoms with Gasteiger partial charge in [0.2, 0.25) is 0 Å². The Labute approximate surface area is 133 Å². The summed E-state index contributed by atoms with van der Waals surface area (Å²) in [6.07, 6.45) is 9.27. The first-order chi connectivity index (χ1) is 10.7. The minimum atomic E-state index is -0.386. The number of rotatable bonds is 2. The number of hydrogen-bond acceptors (Lipinski definition) is 3. The quantitative estimate of drug-likeness (QED) is 0.788. The second-order valence-corrected chi connectivity index (χ2v) is 5.68. The Kier molecular flexibility index (Phi) is 4.06. The lowest BCUT2D eigenvalue weighted by atomic mass is 10.1. The number of hydrogen-bond donors (Lipinski definition) is 0. The van der Waals surface area contributed by atoms with Crippen molar-refractivity contribution in [3.05, 3.63) is 71.3 Å². The number of nitrogens with zero attached hydrogens (tertiary/aromatic N) is 3. The second kappa shape index (κ2) is 6.15. The lowest BCUT2D eigenvalue weighted by Gasteiger charge is -2.22. The Morgan fingerprint density at radius 3 is 3.00 bits per heavy atom. The van der Waals surface area contributed by atoms with E-state index in [1.54, 1.807) is 11.8 Å². The van der Waals surface area contributed by atoms with Crippen LogP contribution in [-0.4, -0.2) is 28.7 Å². The van der Waals surface area contributed by atoms with Gasteiger partial charge in [-0.05, 0) is 30.0 Å². The summed E-state index contributed by atoms with van der Waals surface area (Å²) in [7, 11) is 0. The highest BCUT2D eigenvalue weighted by molar-refractivity contribution is 8.02. The van der Waals surface area contributed by atoms with E-state index < -0.39 is 0 Å². The van der Waals surface area contributed by atoms with Crippen molar-refractivity contribution in [1.29, 1.82) is 0 Å². The molecule has 2 aliphatic rings. The molecular formula is C17H15N3OS. The zero-order chi connectivity index (χ0) is 15.5. The number of carbonyl (C=O) groups is 1. The SMILES string of the molecule is C=CC(=O)/N=C1/N=C2C=CC(SC)=CN2Cc2ccccc21. The third kappa shape index (κ3) is 2.80. The maximum atomic E-state index is 11.6. The van der Waals surface area contributed by atoms with Crippen LogP contribution >= 0.6 is 11.8 Å². The molecule has 1 aromatic carbocycles. The maximum absolute atomic E-state index is 11.6. The van der Waals surface area contributed by atoms with E-state index in [4.69, 9.17) is 0 Å². The van der Waals surface area contributed by atoms with Crippen LogP contribution in [0.3, 0.4) is 0 Å². The zero-order valence-corrected chi connectivity index (χ0v) is 13.0. The van der Waals surface area contributed by atoms with E-state index in [2.05, 4.69) is 27.7 Å². The number of thioether (sulfide) groups is 1. The summed E-state index contributed by atoms with van der Waals surface area (Å²) >= 11 is 1.68. The van der Waals surface area contributed by atoms with Gasteiger partial charge in [0.25, 0.3) is 5.91 Å². The molecule has 0 unspecified atom stereocenters. The van der Waals surface area contributed by atoms with Crippen LogP contribution < -0.4 is 0 Å². The molecule has 1 aromatic rings. The molecular weight excluding hydrogens is 294 g/mol. The summed E-state index contributed by atoms with van der Waals surface area (Å²) in [6, 6.07) is 7.88. The number of amidine groups is 2. The number of fused-ring (bicyclic) bond motifs is 2. The fourth-order valence-corrected chi connectivity index (χ4v) is 2.76. The minimum absolute atomic E-state index is 0.386. The van der Waals surface area contributed by atoms with E-state index in [1.807, 2.05) is 42.7 Å². The highest BCUT2D eigenvalue weighted by atomic mass is 32.2. The van der Waals surface area contributed by atoms with Crippen molar-refractivity contribution in [2.45, 2.75) is 6.54 Å². The minimum Gasteiger partial charge on any atom is -0.327 e. The van der Waals surface area contributed by atoms with E-state index in [0.717, 1.165) is 17.0 Å². The molecule has 0 aromatic heterocycles. The topological polar surface area (TPSA) is 45.0 Å². The first kappa shape index (κ1) is 14.5. The Balaban J connectivity index is 2.13. The molecule has 0 aliphatic carbocycles. The zero-order valence-electron chi connectivity index (χ0n) is 12.2. The van der Waals surface area contributed by atoms with Gasteiger partial charge < -0.3 is 4.90 Å². The molecule has 0 spiro atoms. The molecule has 0 saturated carbocycles. The molecule has 2 heterocycles. The number of carbonyl (C=O) groups excluding carboxylic acids is 1. The fraction of sp³-hybridized carbons (Fsp3) is 0.118. The van der Waals surface area contributed by atoms with Crippen molar-refractivity contribution in [3.8, 4) is 0 Å². The summed E-state index contributed by atoms with van der Waals surface area (Å²) < 4.78 is 0. The molecule has 4 nitrogen and oxygen atoms in total. The maximum Gasteiger partial charge on any atom is 0.271 e. The van der Waals surface area contributed by atoms with Crippen LogP contribution in [0.15, 0.2) is 70.2 Å². The highest BCUT2D eigenvalue weighted by Crippen LogP contribution is 2.25. The van der Waals surface area contributed by atoms with Gasteiger partial charge in [-0.15, -0.1) is 11.8 Å². The van der Waals surface area contributed by atoms with Crippen molar-refractivity contribution in [3.63, 3.8) is 0 Å². The Morgan fingerprint density at radius 1 is 1.41 bits per heavy atom. The summed E-state index contributed by atoms with van der Waals surface area (Å²) in [4.78, 5) is 23.5. The standard InChI is InChI=1S/C17H15N3OS/c1-3-16(21)19-17-14-7-5-4-6-12(14)10-20-11-13(22-2)8-9-15(20)18-17/h3-9,11H,1,10H2,2H3/b19-17+. The summed E-state index contributed by atoms with van der Waals surface area (Å²) in [5.41, 5.74) is 1.97. The largest absolute Gasteiger partial charge is 0.327 e. The monoisotopic (exact) mass is 309 g/mol. The fourth-order valence-electron chi connectivity index (χ4n) is 2.33. The van der Waals surface area contributed by atoms with E-state index in [-0.39, 0.29) is 5.91 Å². The Morgan fingerprint density at radius 2 is 2.23 bits per heavy atom. The Hall–Kier alpha value is -2.40. The predicted octanol–water partition coefficient (Wildman–Crippen LogP) is 3.13. The molecule has 110 valence electrons. The Bertz CT molecular complexity index is 759. The van der Waals surface area contributed by atoms with Crippen LogP contribution in [0.4, 0.5) is 0 Å². The number of allylic oxidation sites excluding steroid dienone is 1. The van der Waals surface area contributed by atoms with Gasteiger partial charge in [-0.3, -0.25) is 4.79 Å². The first-order valence-electron chi connectivity index (χ1n) is 6.84. The summed E-state index contributed by atoms with van der Waals surface area (Å²) in [6.45, 7) is 4.17. The van der Waals surface area contributed by atoms with Gasteiger partial charge in [0.15, 0.2) is 5.84 Å². The van der Waals surface area contributed by atoms with Crippen LogP contribution in [0, 0.1) is 0 Å². The normalized spacial score (nSPS) is 18.0. The van der Waals surface area contributed by atoms with Gasteiger partial charge >= 0.3 is 0 Å². The van der Waals surface area contributed by atoms with Gasteiger partial charge in [0.1, 0.15) is 5.84 Å². The van der Waals surface area contributed by atoms with Crippen LogP contribution in [0.25, 0.3) is 0 Å². The van der Waals surface area contributed by atoms with Crippen LogP contribution in [-0.2, 0) is 11.3 Å². The van der Waals surface area contributed by atoms with Gasteiger partial charge in [-0.1, -0.05) is 30.8 Å². The van der Waals surface area contributed by atoms with Crippen LogP contribution in [0.1, 0.15) is 11.1 Å². The van der Waals surface area contributed by atoms with Crippen molar-refractivity contribution in [2.24, 2.45) is 9.98 Å². The van der Waals surface area contributed by atoms with Crippen molar-refractivity contribution in [2.75, 3.05) is 6.26 Å². The summed E-state index contributed by atoms with van der Waals surface area (Å²) in [5, 5.41) is 0. The van der Waals surface area contributed by atoms with Crippen molar-refractivity contribution >= 4 is 29.3 Å². The van der Waals surface area contributed by atoms with Crippen molar-refractivity contribution < 1.29 is 4.79 Å². The molecule has 0 radical (unpaired) electrons. The van der Waals surface area contributed by atoms with Gasteiger partial charge in [-0.25, -0.2) is 4.99 Å². The third-order valence-electron chi connectivity index (χ3n) is 3.42. The molecule has 0 fully saturated rings. The van der Waals surface area contributed by atoms with Crippen molar-refractivity contribution in [1.82, 2.24) is 4.90 Å². The molecule has 2 aliphatic heterocycles. The van der Waals surface area contributed by atoms with Crippen LogP contribution in [0.5, 0.6) is 0 Å². The van der Waals surface area contributed by atoms with Crippen LogP contribution in [0.2, 0.25) is 0 Å². The molecule has 0 atom stereocenters.